The van der Waals surface area contributed by atoms with Crippen LogP contribution < -0.4 is 15.4 Å². The molecule has 7 heteroatoms. The summed E-state index contributed by atoms with van der Waals surface area (Å²) in [5.41, 5.74) is 1.02. The fraction of sp³-hybridized carbons (Fsp3) is 0.353. The van der Waals surface area contributed by atoms with E-state index in [9.17, 15) is 0 Å². The average molecular weight is 328 g/mol. The average Bonchev–Trinajstić information content (AvgIpc) is 3.01. The monoisotopic (exact) mass is 328 g/mol. The molecule has 1 aromatic heterocycles. The van der Waals surface area contributed by atoms with E-state index in [-0.39, 0.29) is 0 Å². The van der Waals surface area contributed by atoms with E-state index in [1.54, 1.807) is 12.4 Å². The molecule has 0 aliphatic rings. The Bertz CT molecular complexity index is 679. The molecule has 24 heavy (non-hydrogen) atoms. The van der Waals surface area contributed by atoms with Crippen molar-refractivity contribution in [3.05, 3.63) is 54.6 Å². The normalized spacial score (nSPS) is 11.2. The maximum Gasteiger partial charge on any atom is 0.191 e. The smallest absolute Gasteiger partial charge is 0.191 e. The zero-order valence-corrected chi connectivity index (χ0v) is 14.2. The lowest BCUT2D eigenvalue weighted by atomic mass is 10.2. The first kappa shape index (κ1) is 17.5. The Morgan fingerprint density at radius 1 is 1.38 bits per heavy atom. The Kier molecular flexibility index (Phi) is 6.82. The number of nitrogens with one attached hydrogen (secondary N) is 2. The highest BCUT2D eigenvalue weighted by molar-refractivity contribution is 5.79. The zero-order chi connectivity index (χ0) is 17.2. The molecule has 0 saturated carbocycles. The van der Waals surface area contributed by atoms with Crippen LogP contribution in [0.5, 0.6) is 5.75 Å². The van der Waals surface area contributed by atoms with E-state index < -0.39 is 0 Å². The van der Waals surface area contributed by atoms with Crippen molar-refractivity contribution in [2.75, 3.05) is 13.2 Å². The number of rotatable bonds is 8. The fourth-order valence-corrected chi connectivity index (χ4v) is 2.06. The Morgan fingerprint density at radius 3 is 2.92 bits per heavy atom. The molecule has 1 heterocycles. The van der Waals surface area contributed by atoms with Crippen molar-refractivity contribution >= 4 is 5.96 Å². The first-order valence-corrected chi connectivity index (χ1v) is 7.91. The maximum atomic E-state index is 5.66. The van der Waals surface area contributed by atoms with Crippen molar-refractivity contribution in [1.29, 1.82) is 0 Å². The van der Waals surface area contributed by atoms with Crippen LogP contribution >= 0.6 is 0 Å². The molecule has 0 aliphatic heterocycles. The third-order valence-corrected chi connectivity index (χ3v) is 3.30. The molecule has 0 atom stereocenters. The Balaban J connectivity index is 2.02. The van der Waals surface area contributed by atoms with Crippen LogP contribution in [0.3, 0.4) is 0 Å². The molecule has 2 rings (SSSR count). The highest BCUT2D eigenvalue weighted by Crippen LogP contribution is 2.18. The van der Waals surface area contributed by atoms with Crippen molar-refractivity contribution in [2.45, 2.75) is 20.0 Å². The lowest BCUT2D eigenvalue weighted by Crippen LogP contribution is -2.37. The van der Waals surface area contributed by atoms with Crippen LogP contribution in [0.15, 0.2) is 48.2 Å². The molecule has 0 spiro atoms. The molecule has 0 radical (unpaired) electrons. The standard InChI is InChI=1S/C17H24N6O/c1-4-10-24-15-9-7-6-8-14(15)11-19-17(18-5-2)20-12-16-22-21-13-23(16)3/h4,6-9,13H,1,5,10-12H2,2-3H3,(H2,18,19,20). The van der Waals surface area contributed by atoms with Crippen LogP contribution in [0.25, 0.3) is 0 Å². The number of aromatic nitrogens is 3. The van der Waals surface area contributed by atoms with Crippen LogP contribution in [0.4, 0.5) is 0 Å². The Labute approximate surface area is 142 Å². The number of para-hydroxylation sites is 1. The minimum atomic E-state index is 0.477. The van der Waals surface area contributed by atoms with Crippen molar-refractivity contribution in [2.24, 2.45) is 12.0 Å². The topological polar surface area (TPSA) is 76.4 Å². The molecule has 0 amide bonds. The molecular formula is C17H24N6O. The number of hydrogen-bond donors (Lipinski definition) is 2. The second-order valence-electron chi connectivity index (χ2n) is 5.11. The predicted octanol–water partition coefficient (Wildman–Crippen LogP) is 1.64. The van der Waals surface area contributed by atoms with Crippen LogP contribution in [0.2, 0.25) is 0 Å². The summed E-state index contributed by atoms with van der Waals surface area (Å²) in [6.45, 7) is 8.02. The Hall–Kier alpha value is -2.83. The molecule has 0 bridgehead atoms. The fourth-order valence-electron chi connectivity index (χ4n) is 2.06. The second-order valence-corrected chi connectivity index (χ2v) is 5.11. The van der Waals surface area contributed by atoms with Gasteiger partial charge in [0.1, 0.15) is 18.7 Å². The largest absolute Gasteiger partial charge is 0.489 e. The summed E-state index contributed by atoms with van der Waals surface area (Å²) in [6.07, 6.45) is 3.40. The summed E-state index contributed by atoms with van der Waals surface area (Å²) in [5.74, 6) is 2.39. The highest BCUT2D eigenvalue weighted by Gasteiger charge is 2.05. The van der Waals surface area contributed by atoms with E-state index in [1.165, 1.54) is 0 Å². The van der Waals surface area contributed by atoms with Gasteiger partial charge in [-0.05, 0) is 13.0 Å². The molecule has 0 saturated heterocycles. The van der Waals surface area contributed by atoms with Gasteiger partial charge in [-0.15, -0.1) is 10.2 Å². The van der Waals surface area contributed by atoms with Gasteiger partial charge in [-0.25, -0.2) is 4.99 Å². The van der Waals surface area contributed by atoms with E-state index in [2.05, 4.69) is 32.4 Å². The number of aryl methyl sites for hydroxylation is 1. The van der Waals surface area contributed by atoms with Gasteiger partial charge < -0.3 is 19.9 Å². The Morgan fingerprint density at radius 2 is 2.21 bits per heavy atom. The molecular weight excluding hydrogens is 304 g/mol. The first-order valence-electron chi connectivity index (χ1n) is 7.91. The van der Waals surface area contributed by atoms with Gasteiger partial charge in [0.25, 0.3) is 0 Å². The van der Waals surface area contributed by atoms with Crippen LogP contribution in [-0.4, -0.2) is 33.9 Å². The van der Waals surface area contributed by atoms with Crippen LogP contribution in [0.1, 0.15) is 18.3 Å². The van der Waals surface area contributed by atoms with Gasteiger partial charge >= 0.3 is 0 Å². The van der Waals surface area contributed by atoms with Gasteiger partial charge in [-0.2, -0.15) is 0 Å². The number of aliphatic imine (C=N–C) groups is 1. The molecule has 0 unspecified atom stereocenters. The van der Waals surface area contributed by atoms with Gasteiger partial charge in [-0.1, -0.05) is 30.9 Å². The minimum absolute atomic E-state index is 0.477. The van der Waals surface area contributed by atoms with E-state index in [1.807, 2.05) is 42.8 Å². The summed E-state index contributed by atoms with van der Waals surface area (Å²) in [6, 6.07) is 7.87. The van der Waals surface area contributed by atoms with Crippen LogP contribution in [0, 0.1) is 0 Å². The number of nitrogens with zero attached hydrogens (tertiary/aromatic N) is 4. The molecule has 1 aromatic carbocycles. The second kappa shape index (κ2) is 9.34. The van der Waals surface area contributed by atoms with Crippen molar-refractivity contribution in [3.63, 3.8) is 0 Å². The first-order chi connectivity index (χ1) is 11.7. The summed E-state index contributed by atoms with van der Waals surface area (Å²) in [4.78, 5) is 4.61. The molecule has 0 fully saturated rings. The van der Waals surface area contributed by atoms with Gasteiger partial charge in [0.2, 0.25) is 0 Å². The third kappa shape index (κ3) is 5.12. The molecule has 2 N–H and O–H groups in total. The molecule has 7 nitrogen and oxygen atoms in total. The highest BCUT2D eigenvalue weighted by atomic mass is 16.5. The minimum Gasteiger partial charge on any atom is -0.489 e. The van der Waals surface area contributed by atoms with E-state index in [0.717, 1.165) is 29.6 Å². The number of hydrogen-bond acceptors (Lipinski definition) is 4. The van der Waals surface area contributed by atoms with E-state index in [0.29, 0.717) is 19.7 Å². The van der Waals surface area contributed by atoms with Gasteiger partial charge in [0, 0.05) is 19.2 Å². The molecule has 128 valence electrons. The van der Waals surface area contributed by atoms with E-state index in [4.69, 9.17) is 4.74 Å². The predicted molar refractivity (Wildman–Crippen MR) is 94.8 cm³/mol. The van der Waals surface area contributed by atoms with Gasteiger partial charge in [0.05, 0.1) is 13.1 Å². The van der Waals surface area contributed by atoms with Gasteiger partial charge in [-0.3, -0.25) is 0 Å². The molecule has 2 aromatic rings. The third-order valence-electron chi connectivity index (χ3n) is 3.30. The number of ether oxygens (including phenoxy) is 1. The molecule has 0 aliphatic carbocycles. The number of benzene rings is 1. The van der Waals surface area contributed by atoms with Crippen molar-refractivity contribution in [1.82, 2.24) is 25.4 Å². The maximum absolute atomic E-state index is 5.66. The lowest BCUT2D eigenvalue weighted by Gasteiger charge is -2.12. The van der Waals surface area contributed by atoms with Gasteiger partial charge in [0.15, 0.2) is 11.8 Å². The number of guanidine groups is 1. The zero-order valence-electron chi connectivity index (χ0n) is 14.2. The van der Waals surface area contributed by atoms with E-state index >= 15 is 0 Å². The summed E-state index contributed by atoms with van der Waals surface area (Å²) >= 11 is 0. The quantitative estimate of drug-likeness (QED) is 0.438. The lowest BCUT2D eigenvalue weighted by molar-refractivity contribution is 0.359. The SMILES string of the molecule is C=CCOc1ccccc1CN=C(NCC)NCc1nncn1C. The summed E-state index contributed by atoms with van der Waals surface area (Å²) < 4.78 is 7.53. The summed E-state index contributed by atoms with van der Waals surface area (Å²) in [5, 5.41) is 14.4. The van der Waals surface area contributed by atoms with Crippen molar-refractivity contribution in [3.8, 4) is 5.75 Å². The summed E-state index contributed by atoms with van der Waals surface area (Å²) in [7, 11) is 1.91. The van der Waals surface area contributed by atoms with Crippen molar-refractivity contribution < 1.29 is 4.74 Å². The van der Waals surface area contributed by atoms with Crippen LogP contribution in [-0.2, 0) is 20.1 Å².